The van der Waals surface area contributed by atoms with E-state index in [0.29, 0.717) is 18.2 Å². The molecule has 0 aliphatic carbocycles. The van der Waals surface area contributed by atoms with Gasteiger partial charge in [0.25, 0.3) is 0 Å². The number of ether oxygens (including phenoxy) is 1. The average molecular weight is 253 g/mol. The van der Waals surface area contributed by atoms with Crippen LogP contribution in [0.2, 0.25) is 5.02 Å². The number of para-hydroxylation sites is 1. The lowest BCUT2D eigenvalue weighted by molar-refractivity contribution is -0.120. The monoisotopic (exact) mass is 252 g/mol. The molecule has 0 radical (unpaired) electrons. The zero-order chi connectivity index (χ0) is 12.0. The molecule has 1 aromatic carbocycles. The van der Waals surface area contributed by atoms with Crippen LogP contribution in [0, 0.1) is 5.92 Å². The molecule has 1 N–H and O–H groups in total. The van der Waals surface area contributed by atoms with Crippen LogP contribution in [0.1, 0.15) is 0 Å². The zero-order valence-electron chi connectivity index (χ0n) is 9.44. The summed E-state index contributed by atoms with van der Waals surface area (Å²) in [4.78, 5) is 14.1. The summed E-state index contributed by atoms with van der Waals surface area (Å²) >= 11 is 6.21. The fourth-order valence-electron chi connectivity index (χ4n) is 2.54. The van der Waals surface area contributed by atoms with Crippen molar-refractivity contribution in [1.29, 1.82) is 0 Å². The summed E-state index contributed by atoms with van der Waals surface area (Å²) in [5.41, 5.74) is 1.65. The molecule has 4 nitrogen and oxygen atoms in total. The minimum atomic E-state index is -0.122. The van der Waals surface area contributed by atoms with Crippen molar-refractivity contribution in [1.82, 2.24) is 0 Å². The van der Waals surface area contributed by atoms with Crippen LogP contribution in [-0.4, -0.2) is 32.2 Å². The molecule has 0 saturated carbocycles. The Balaban J connectivity index is 2.12. The number of fused-ring (bicyclic) bond motifs is 2. The van der Waals surface area contributed by atoms with Crippen molar-refractivity contribution in [2.75, 3.05) is 30.5 Å². The highest BCUT2D eigenvalue weighted by atomic mass is 35.5. The quantitative estimate of drug-likeness (QED) is 0.765. The third-order valence-electron chi connectivity index (χ3n) is 3.48. The van der Waals surface area contributed by atoms with Gasteiger partial charge in [-0.2, -0.15) is 0 Å². The molecule has 2 unspecified atom stereocenters. The second-order valence-electron chi connectivity index (χ2n) is 4.45. The summed E-state index contributed by atoms with van der Waals surface area (Å²) in [5, 5.41) is 3.57. The SMILES string of the molecule is CN1c2c(Cl)cccc2NC(=O)C2COCC21. The second-order valence-corrected chi connectivity index (χ2v) is 4.85. The third kappa shape index (κ3) is 1.59. The highest BCUT2D eigenvalue weighted by molar-refractivity contribution is 6.34. The van der Waals surface area contributed by atoms with Crippen LogP contribution in [0.15, 0.2) is 18.2 Å². The maximum atomic E-state index is 12.1. The number of hydrogen-bond acceptors (Lipinski definition) is 3. The fraction of sp³-hybridized carbons (Fsp3) is 0.417. The largest absolute Gasteiger partial charge is 0.378 e. The molecule has 1 amide bonds. The Hall–Kier alpha value is -1.26. The van der Waals surface area contributed by atoms with Gasteiger partial charge < -0.3 is 15.0 Å². The number of hydrogen-bond donors (Lipinski definition) is 1. The molecule has 0 aromatic heterocycles. The predicted octanol–water partition coefficient (Wildman–Crippen LogP) is 1.74. The van der Waals surface area contributed by atoms with Crippen molar-refractivity contribution in [3.05, 3.63) is 23.2 Å². The number of nitrogens with zero attached hydrogens (tertiary/aromatic N) is 1. The Morgan fingerprint density at radius 1 is 1.47 bits per heavy atom. The molecule has 2 heterocycles. The predicted molar refractivity (Wildman–Crippen MR) is 66.6 cm³/mol. The van der Waals surface area contributed by atoms with E-state index in [1.54, 1.807) is 0 Å². The summed E-state index contributed by atoms with van der Waals surface area (Å²) in [6, 6.07) is 5.61. The molecule has 0 spiro atoms. The van der Waals surface area contributed by atoms with E-state index in [1.165, 1.54) is 0 Å². The average Bonchev–Trinajstić information content (AvgIpc) is 2.73. The molecule has 0 bridgehead atoms. The van der Waals surface area contributed by atoms with E-state index in [0.717, 1.165) is 11.4 Å². The number of rotatable bonds is 0. The van der Waals surface area contributed by atoms with Gasteiger partial charge in [0.2, 0.25) is 5.91 Å². The molecule has 90 valence electrons. The summed E-state index contributed by atoms with van der Waals surface area (Å²) in [6.45, 7) is 1.05. The molecule has 2 aliphatic rings. The van der Waals surface area contributed by atoms with Crippen molar-refractivity contribution < 1.29 is 9.53 Å². The normalized spacial score (nSPS) is 27.2. The van der Waals surface area contributed by atoms with Crippen LogP contribution in [0.3, 0.4) is 0 Å². The molecule has 3 rings (SSSR count). The van der Waals surface area contributed by atoms with E-state index in [9.17, 15) is 4.79 Å². The number of likely N-dealkylation sites (N-methyl/N-ethyl adjacent to an activating group) is 1. The maximum absolute atomic E-state index is 12.1. The Labute approximate surface area is 104 Å². The number of nitrogens with one attached hydrogen (secondary N) is 1. The number of carbonyl (C=O) groups excluding carboxylic acids is 1. The number of benzene rings is 1. The zero-order valence-corrected chi connectivity index (χ0v) is 10.2. The van der Waals surface area contributed by atoms with Gasteiger partial charge in [-0.15, -0.1) is 0 Å². The van der Waals surface area contributed by atoms with Gasteiger partial charge in [-0.3, -0.25) is 4.79 Å². The summed E-state index contributed by atoms with van der Waals surface area (Å²) < 4.78 is 5.40. The van der Waals surface area contributed by atoms with Gasteiger partial charge in [-0.05, 0) is 12.1 Å². The first kappa shape index (κ1) is 10.9. The standard InChI is InChI=1S/C12H13ClN2O2/c1-15-10-6-17-5-7(10)12(16)14-9-4-2-3-8(13)11(9)15/h2-4,7,10H,5-6H2,1H3,(H,14,16). The number of carbonyl (C=O) groups is 1. The minimum absolute atomic E-state index is 0.0142. The van der Waals surface area contributed by atoms with Crippen LogP contribution >= 0.6 is 11.6 Å². The van der Waals surface area contributed by atoms with Crippen molar-refractivity contribution in [3.8, 4) is 0 Å². The summed E-state index contributed by atoms with van der Waals surface area (Å²) in [7, 11) is 1.96. The number of anilines is 2. The van der Waals surface area contributed by atoms with E-state index < -0.39 is 0 Å². The minimum Gasteiger partial charge on any atom is -0.378 e. The van der Waals surface area contributed by atoms with Crippen LogP contribution in [0.25, 0.3) is 0 Å². The Bertz CT molecular complexity index is 478. The van der Waals surface area contributed by atoms with Gasteiger partial charge in [0, 0.05) is 7.05 Å². The third-order valence-corrected chi connectivity index (χ3v) is 3.79. The fourth-order valence-corrected chi connectivity index (χ4v) is 2.85. The summed E-state index contributed by atoms with van der Waals surface area (Å²) in [5.74, 6) is -0.108. The molecule has 1 aromatic rings. The van der Waals surface area contributed by atoms with Crippen LogP contribution < -0.4 is 10.2 Å². The van der Waals surface area contributed by atoms with Crippen molar-refractivity contribution in [2.45, 2.75) is 6.04 Å². The first-order chi connectivity index (χ1) is 8.18. The Kier molecular flexibility index (Phi) is 2.49. The molecule has 17 heavy (non-hydrogen) atoms. The highest BCUT2D eigenvalue weighted by Crippen LogP contribution is 2.39. The van der Waals surface area contributed by atoms with Gasteiger partial charge >= 0.3 is 0 Å². The molecular formula is C12H13ClN2O2. The molecule has 2 aliphatic heterocycles. The first-order valence-electron chi connectivity index (χ1n) is 5.58. The molecular weight excluding hydrogens is 240 g/mol. The van der Waals surface area contributed by atoms with Crippen LogP contribution in [0.5, 0.6) is 0 Å². The van der Waals surface area contributed by atoms with Crippen LogP contribution in [0.4, 0.5) is 11.4 Å². The van der Waals surface area contributed by atoms with Gasteiger partial charge in [0.1, 0.15) is 0 Å². The van der Waals surface area contributed by atoms with E-state index in [2.05, 4.69) is 5.32 Å². The second kappa shape index (κ2) is 3.89. The van der Waals surface area contributed by atoms with E-state index in [1.807, 2.05) is 30.1 Å². The van der Waals surface area contributed by atoms with Crippen LogP contribution in [-0.2, 0) is 9.53 Å². The molecule has 1 saturated heterocycles. The van der Waals surface area contributed by atoms with Crippen molar-refractivity contribution in [2.24, 2.45) is 5.92 Å². The molecule has 5 heteroatoms. The lowest BCUT2D eigenvalue weighted by Gasteiger charge is -2.27. The first-order valence-corrected chi connectivity index (χ1v) is 5.96. The maximum Gasteiger partial charge on any atom is 0.232 e. The molecule has 1 fully saturated rings. The molecule has 2 atom stereocenters. The number of halogens is 1. The summed E-state index contributed by atoms with van der Waals surface area (Å²) in [6.07, 6.45) is 0. The van der Waals surface area contributed by atoms with Gasteiger partial charge in [0.15, 0.2) is 0 Å². The van der Waals surface area contributed by atoms with Gasteiger partial charge in [-0.25, -0.2) is 0 Å². The Morgan fingerprint density at radius 2 is 2.29 bits per heavy atom. The van der Waals surface area contributed by atoms with E-state index >= 15 is 0 Å². The topological polar surface area (TPSA) is 41.6 Å². The number of amides is 1. The lowest BCUT2D eigenvalue weighted by Crippen LogP contribution is -2.40. The lowest BCUT2D eigenvalue weighted by atomic mass is 10.0. The Morgan fingerprint density at radius 3 is 3.12 bits per heavy atom. The van der Waals surface area contributed by atoms with Gasteiger partial charge in [-0.1, -0.05) is 17.7 Å². The highest BCUT2D eigenvalue weighted by Gasteiger charge is 2.40. The smallest absolute Gasteiger partial charge is 0.232 e. The van der Waals surface area contributed by atoms with Gasteiger partial charge in [0.05, 0.1) is 41.6 Å². The van der Waals surface area contributed by atoms with E-state index in [-0.39, 0.29) is 17.9 Å². The van der Waals surface area contributed by atoms with E-state index in [4.69, 9.17) is 16.3 Å². The van der Waals surface area contributed by atoms with Crippen molar-refractivity contribution in [3.63, 3.8) is 0 Å². The van der Waals surface area contributed by atoms with Crippen molar-refractivity contribution >= 4 is 28.9 Å².